The monoisotopic (exact) mass is 286 g/mol. The first-order valence-corrected chi connectivity index (χ1v) is 5.71. The number of benzene rings is 1. The molecular formula is C11H11BrO4. The van der Waals surface area contributed by atoms with Crippen molar-refractivity contribution < 1.29 is 19.1 Å². The quantitative estimate of drug-likeness (QED) is 0.487. The Morgan fingerprint density at radius 2 is 1.81 bits per heavy atom. The molecule has 0 amide bonds. The average molecular weight is 287 g/mol. The number of alkyl halides is 1. The fourth-order valence-corrected chi connectivity index (χ4v) is 1.58. The van der Waals surface area contributed by atoms with Crippen LogP contribution in [0.3, 0.4) is 0 Å². The number of hydrogen-bond donors (Lipinski definition) is 0. The molecule has 0 atom stereocenters. The first-order valence-electron chi connectivity index (χ1n) is 4.58. The summed E-state index contributed by atoms with van der Waals surface area (Å²) in [6.07, 6.45) is 0. The van der Waals surface area contributed by atoms with Crippen LogP contribution in [-0.2, 0) is 14.9 Å². The highest BCUT2D eigenvalue weighted by atomic mass is 79.9. The van der Waals surface area contributed by atoms with Gasteiger partial charge in [0.25, 0.3) is 0 Å². The maximum Gasteiger partial charge on any atom is 0.308 e. The van der Waals surface area contributed by atoms with E-state index in [1.54, 1.807) is 18.2 Å². The van der Waals surface area contributed by atoms with Crippen molar-refractivity contribution in [2.24, 2.45) is 0 Å². The minimum atomic E-state index is -0.388. The van der Waals surface area contributed by atoms with Crippen molar-refractivity contribution in [2.75, 3.05) is 0 Å². The first-order chi connectivity index (χ1) is 7.52. The largest absolute Gasteiger partial charge is 0.427 e. The lowest BCUT2D eigenvalue weighted by atomic mass is 10.2. The predicted molar refractivity (Wildman–Crippen MR) is 61.7 cm³/mol. The van der Waals surface area contributed by atoms with Crippen LogP contribution in [0.1, 0.15) is 19.4 Å². The van der Waals surface area contributed by atoms with Gasteiger partial charge in [-0.05, 0) is 18.2 Å². The minimum absolute atomic E-state index is 0.387. The fraction of sp³-hybridized carbons (Fsp3) is 0.273. The SMILES string of the molecule is CC(=O)Oc1ccc(OC(C)=O)c(CBr)c1. The number of esters is 2. The Hall–Kier alpha value is -1.36. The molecule has 0 aromatic heterocycles. The number of ether oxygens (including phenoxy) is 2. The molecule has 1 rings (SSSR count). The van der Waals surface area contributed by atoms with Crippen LogP contribution in [0.25, 0.3) is 0 Å². The summed E-state index contributed by atoms with van der Waals surface area (Å²) in [6, 6.07) is 4.82. The van der Waals surface area contributed by atoms with Crippen molar-refractivity contribution in [3.63, 3.8) is 0 Å². The molecular weight excluding hydrogens is 276 g/mol. The van der Waals surface area contributed by atoms with Gasteiger partial charge in [-0.1, -0.05) is 15.9 Å². The van der Waals surface area contributed by atoms with Crippen LogP contribution in [0, 0.1) is 0 Å². The van der Waals surface area contributed by atoms with Gasteiger partial charge in [-0.15, -0.1) is 0 Å². The molecule has 4 nitrogen and oxygen atoms in total. The fourth-order valence-electron chi connectivity index (χ4n) is 1.14. The van der Waals surface area contributed by atoms with E-state index < -0.39 is 0 Å². The molecule has 0 bridgehead atoms. The lowest BCUT2D eigenvalue weighted by molar-refractivity contribution is -0.133. The Balaban J connectivity index is 2.96. The molecule has 0 fully saturated rings. The van der Waals surface area contributed by atoms with Gasteiger partial charge in [0, 0.05) is 24.7 Å². The van der Waals surface area contributed by atoms with Crippen LogP contribution >= 0.6 is 15.9 Å². The van der Waals surface area contributed by atoms with Crippen molar-refractivity contribution in [3.05, 3.63) is 23.8 Å². The maximum atomic E-state index is 10.8. The zero-order valence-corrected chi connectivity index (χ0v) is 10.5. The molecule has 5 heteroatoms. The molecule has 0 unspecified atom stereocenters. The van der Waals surface area contributed by atoms with Gasteiger partial charge in [-0.2, -0.15) is 0 Å². The van der Waals surface area contributed by atoms with Gasteiger partial charge in [-0.25, -0.2) is 0 Å². The van der Waals surface area contributed by atoms with Crippen LogP contribution in [0.5, 0.6) is 11.5 Å². The van der Waals surface area contributed by atoms with E-state index in [4.69, 9.17) is 9.47 Å². The molecule has 0 spiro atoms. The molecule has 0 saturated carbocycles. The highest BCUT2D eigenvalue weighted by Crippen LogP contribution is 2.26. The second-order valence-corrected chi connectivity index (χ2v) is 3.65. The smallest absolute Gasteiger partial charge is 0.308 e. The average Bonchev–Trinajstić information content (AvgIpc) is 2.18. The molecule has 0 heterocycles. The van der Waals surface area contributed by atoms with Crippen molar-refractivity contribution in [1.29, 1.82) is 0 Å². The van der Waals surface area contributed by atoms with Crippen molar-refractivity contribution in [2.45, 2.75) is 19.2 Å². The number of rotatable bonds is 3. The van der Waals surface area contributed by atoms with Crippen LogP contribution in [0.2, 0.25) is 0 Å². The Morgan fingerprint density at radius 3 is 2.31 bits per heavy atom. The minimum Gasteiger partial charge on any atom is -0.427 e. The molecule has 86 valence electrons. The third-order valence-electron chi connectivity index (χ3n) is 1.69. The zero-order chi connectivity index (χ0) is 12.1. The second-order valence-electron chi connectivity index (χ2n) is 3.09. The summed E-state index contributed by atoms with van der Waals surface area (Å²) in [5.41, 5.74) is 0.744. The van der Waals surface area contributed by atoms with Crippen LogP contribution in [-0.4, -0.2) is 11.9 Å². The summed E-state index contributed by atoms with van der Waals surface area (Å²) in [5, 5.41) is 0.505. The lowest BCUT2D eigenvalue weighted by Crippen LogP contribution is -2.05. The van der Waals surface area contributed by atoms with Gasteiger partial charge in [0.1, 0.15) is 11.5 Å². The van der Waals surface area contributed by atoms with Crippen LogP contribution < -0.4 is 9.47 Å². The Bertz CT molecular complexity index is 414. The Labute approximate surface area is 102 Å². The third kappa shape index (κ3) is 3.66. The van der Waals surface area contributed by atoms with Crippen molar-refractivity contribution in [3.8, 4) is 11.5 Å². The second kappa shape index (κ2) is 5.65. The standard InChI is InChI=1S/C11H11BrO4/c1-7(13)15-10-3-4-11(16-8(2)14)9(5-10)6-12/h3-5H,6H2,1-2H3. The summed E-state index contributed by atoms with van der Waals surface area (Å²) < 4.78 is 9.90. The molecule has 1 aromatic carbocycles. The van der Waals surface area contributed by atoms with E-state index in [1.165, 1.54) is 13.8 Å². The zero-order valence-electron chi connectivity index (χ0n) is 8.95. The normalized spacial score (nSPS) is 9.69. The van der Waals surface area contributed by atoms with E-state index in [2.05, 4.69) is 15.9 Å². The lowest BCUT2D eigenvalue weighted by Gasteiger charge is -2.08. The molecule has 0 saturated heterocycles. The van der Waals surface area contributed by atoms with Gasteiger partial charge >= 0.3 is 11.9 Å². The maximum absolute atomic E-state index is 10.8. The molecule has 0 N–H and O–H groups in total. The number of hydrogen-bond acceptors (Lipinski definition) is 4. The summed E-state index contributed by atoms with van der Waals surface area (Å²) in [7, 11) is 0. The van der Waals surface area contributed by atoms with E-state index >= 15 is 0 Å². The van der Waals surface area contributed by atoms with Gasteiger partial charge in [-0.3, -0.25) is 9.59 Å². The van der Waals surface area contributed by atoms with Gasteiger partial charge < -0.3 is 9.47 Å². The Morgan fingerprint density at radius 1 is 1.19 bits per heavy atom. The topological polar surface area (TPSA) is 52.6 Å². The highest BCUT2D eigenvalue weighted by Gasteiger charge is 2.08. The number of carbonyl (C=O) groups is 2. The summed E-state index contributed by atoms with van der Waals surface area (Å²) >= 11 is 3.27. The van der Waals surface area contributed by atoms with Crippen LogP contribution in [0.4, 0.5) is 0 Å². The molecule has 0 aliphatic rings. The Kier molecular flexibility index (Phi) is 4.49. The van der Waals surface area contributed by atoms with Crippen molar-refractivity contribution >= 4 is 27.9 Å². The van der Waals surface area contributed by atoms with E-state index in [9.17, 15) is 9.59 Å². The summed E-state index contributed by atoms with van der Waals surface area (Å²) in [4.78, 5) is 21.6. The molecule has 0 radical (unpaired) electrons. The number of carbonyl (C=O) groups excluding carboxylic acids is 2. The van der Waals surface area contributed by atoms with E-state index in [0.717, 1.165) is 5.56 Å². The summed E-state index contributed by atoms with van der Waals surface area (Å²) in [5.74, 6) is 0.112. The molecule has 16 heavy (non-hydrogen) atoms. The molecule has 0 aliphatic heterocycles. The predicted octanol–water partition coefficient (Wildman–Crippen LogP) is 2.43. The summed E-state index contributed by atoms with van der Waals surface area (Å²) in [6.45, 7) is 2.66. The van der Waals surface area contributed by atoms with E-state index in [1.807, 2.05) is 0 Å². The van der Waals surface area contributed by atoms with Crippen molar-refractivity contribution in [1.82, 2.24) is 0 Å². The number of halogens is 1. The first kappa shape index (κ1) is 12.7. The molecule has 0 aliphatic carbocycles. The highest BCUT2D eigenvalue weighted by molar-refractivity contribution is 9.08. The van der Waals surface area contributed by atoms with E-state index in [-0.39, 0.29) is 11.9 Å². The van der Waals surface area contributed by atoms with Crippen LogP contribution in [0.15, 0.2) is 18.2 Å². The third-order valence-corrected chi connectivity index (χ3v) is 2.30. The molecule has 1 aromatic rings. The van der Waals surface area contributed by atoms with Gasteiger partial charge in [0.15, 0.2) is 0 Å². The van der Waals surface area contributed by atoms with E-state index in [0.29, 0.717) is 16.8 Å². The van der Waals surface area contributed by atoms with Gasteiger partial charge in [0.2, 0.25) is 0 Å². The van der Waals surface area contributed by atoms with Gasteiger partial charge in [0.05, 0.1) is 0 Å².